The predicted molar refractivity (Wildman–Crippen MR) is 81.9 cm³/mol. The lowest BCUT2D eigenvalue weighted by molar-refractivity contribution is -0.147. The Morgan fingerprint density at radius 3 is 2.91 bits per heavy atom. The molecule has 7 nitrogen and oxygen atoms in total. The average Bonchev–Trinajstić information content (AvgIpc) is 3.04. The van der Waals surface area contributed by atoms with Gasteiger partial charge in [-0.25, -0.2) is 9.48 Å². The quantitative estimate of drug-likeness (QED) is 0.917. The van der Waals surface area contributed by atoms with Crippen molar-refractivity contribution in [2.24, 2.45) is 0 Å². The van der Waals surface area contributed by atoms with Crippen molar-refractivity contribution in [3.05, 3.63) is 47.2 Å². The van der Waals surface area contributed by atoms with Crippen molar-refractivity contribution in [3.8, 4) is 5.69 Å². The Bertz CT molecular complexity index is 746. The maximum Gasteiger partial charge on any atom is 0.328 e. The summed E-state index contributed by atoms with van der Waals surface area (Å²) < 4.78 is 6.66. The van der Waals surface area contributed by atoms with Crippen molar-refractivity contribution in [2.45, 2.75) is 6.04 Å². The van der Waals surface area contributed by atoms with E-state index in [2.05, 4.69) is 5.10 Å². The zero-order chi connectivity index (χ0) is 16.4. The molecule has 3 rings (SSSR count). The lowest BCUT2D eigenvalue weighted by atomic mass is 10.2. The van der Waals surface area contributed by atoms with Gasteiger partial charge in [-0.2, -0.15) is 5.10 Å². The minimum atomic E-state index is -1.09. The minimum Gasteiger partial charge on any atom is -0.480 e. The molecule has 1 atom stereocenters. The number of carboxylic acid groups (broad SMARTS) is 1. The van der Waals surface area contributed by atoms with Crippen LogP contribution in [0, 0.1) is 0 Å². The van der Waals surface area contributed by atoms with Gasteiger partial charge < -0.3 is 14.7 Å². The van der Waals surface area contributed by atoms with E-state index in [1.165, 1.54) is 9.58 Å². The molecule has 0 saturated carbocycles. The molecule has 8 heteroatoms. The van der Waals surface area contributed by atoms with Gasteiger partial charge in [-0.05, 0) is 24.3 Å². The standard InChI is InChI=1S/C15H14ClN3O4/c16-10-2-1-3-11(8-10)19-5-4-12(17-19)14(20)18-6-7-23-9-13(18)15(21)22/h1-5,8,13H,6-7,9H2,(H,21,22). The largest absolute Gasteiger partial charge is 0.480 e. The first-order valence-corrected chi connectivity index (χ1v) is 7.37. The molecule has 1 aliphatic rings. The van der Waals surface area contributed by atoms with Gasteiger partial charge in [0.25, 0.3) is 5.91 Å². The summed E-state index contributed by atoms with van der Waals surface area (Å²) in [7, 11) is 0. The Balaban J connectivity index is 1.84. The van der Waals surface area contributed by atoms with Gasteiger partial charge >= 0.3 is 5.97 Å². The molecule has 1 amide bonds. The van der Waals surface area contributed by atoms with Crippen LogP contribution in [0.25, 0.3) is 5.69 Å². The van der Waals surface area contributed by atoms with Crippen molar-refractivity contribution >= 4 is 23.5 Å². The van der Waals surface area contributed by atoms with Crippen LogP contribution in [0.4, 0.5) is 0 Å². The minimum absolute atomic E-state index is 0.0178. The van der Waals surface area contributed by atoms with Crippen LogP contribution in [0.5, 0.6) is 0 Å². The molecular formula is C15H14ClN3O4. The number of aromatic nitrogens is 2. The Morgan fingerprint density at radius 2 is 2.17 bits per heavy atom. The predicted octanol–water partition coefficient (Wildman–Crippen LogP) is 1.45. The summed E-state index contributed by atoms with van der Waals surface area (Å²) in [5.74, 6) is -1.52. The first-order chi connectivity index (χ1) is 11.1. The second-order valence-electron chi connectivity index (χ2n) is 5.05. The first-order valence-electron chi connectivity index (χ1n) is 6.99. The highest BCUT2D eigenvalue weighted by molar-refractivity contribution is 6.30. The van der Waals surface area contributed by atoms with E-state index in [4.69, 9.17) is 16.3 Å². The van der Waals surface area contributed by atoms with E-state index >= 15 is 0 Å². The molecule has 0 bridgehead atoms. The summed E-state index contributed by atoms with van der Waals surface area (Å²) in [5, 5.41) is 14.0. The van der Waals surface area contributed by atoms with Crippen LogP contribution < -0.4 is 0 Å². The number of aliphatic carboxylic acids is 1. The van der Waals surface area contributed by atoms with Crippen LogP contribution in [0.2, 0.25) is 5.02 Å². The number of ether oxygens (including phenoxy) is 1. The summed E-state index contributed by atoms with van der Waals surface area (Å²) in [4.78, 5) is 25.1. The van der Waals surface area contributed by atoms with Crippen LogP contribution in [0.1, 0.15) is 10.5 Å². The highest BCUT2D eigenvalue weighted by Crippen LogP contribution is 2.16. The van der Waals surface area contributed by atoms with Crippen molar-refractivity contribution in [1.29, 1.82) is 0 Å². The van der Waals surface area contributed by atoms with E-state index in [1.807, 2.05) is 6.07 Å². The zero-order valence-electron chi connectivity index (χ0n) is 12.1. The lowest BCUT2D eigenvalue weighted by Crippen LogP contribution is -2.52. The summed E-state index contributed by atoms with van der Waals surface area (Å²) in [5.41, 5.74) is 0.895. The number of carbonyl (C=O) groups excluding carboxylic acids is 1. The number of halogens is 1. The van der Waals surface area contributed by atoms with E-state index in [0.29, 0.717) is 17.3 Å². The van der Waals surface area contributed by atoms with Crippen LogP contribution in [0.3, 0.4) is 0 Å². The number of nitrogens with zero attached hydrogens (tertiary/aromatic N) is 3. The Morgan fingerprint density at radius 1 is 1.35 bits per heavy atom. The van der Waals surface area contributed by atoms with Crippen molar-refractivity contribution in [1.82, 2.24) is 14.7 Å². The van der Waals surface area contributed by atoms with E-state index < -0.39 is 17.9 Å². The molecule has 23 heavy (non-hydrogen) atoms. The number of carboxylic acids is 1. The van der Waals surface area contributed by atoms with E-state index in [-0.39, 0.29) is 18.8 Å². The number of hydrogen-bond acceptors (Lipinski definition) is 4. The van der Waals surface area contributed by atoms with Crippen LogP contribution in [-0.2, 0) is 9.53 Å². The van der Waals surface area contributed by atoms with Crippen molar-refractivity contribution in [3.63, 3.8) is 0 Å². The zero-order valence-corrected chi connectivity index (χ0v) is 12.8. The molecule has 1 N–H and O–H groups in total. The molecule has 1 unspecified atom stereocenters. The van der Waals surface area contributed by atoms with Crippen LogP contribution in [-0.4, -0.2) is 57.5 Å². The molecule has 1 fully saturated rings. The second-order valence-corrected chi connectivity index (χ2v) is 5.49. The van der Waals surface area contributed by atoms with Crippen molar-refractivity contribution < 1.29 is 19.4 Å². The third-order valence-corrected chi connectivity index (χ3v) is 3.79. The molecule has 0 aliphatic carbocycles. The smallest absolute Gasteiger partial charge is 0.328 e. The molecule has 1 saturated heterocycles. The lowest BCUT2D eigenvalue weighted by Gasteiger charge is -2.32. The second kappa shape index (κ2) is 6.39. The molecule has 1 aliphatic heterocycles. The van der Waals surface area contributed by atoms with Gasteiger partial charge in [-0.15, -0.1) is 0 Å². The Labute approximate surface area is 137 Å². The number of benzene rings is 1. The number of carbonyl (C=O) groups is 2. The number of hydrogen-bond donors (Lipinski definition) is 1. The SMILES string of the molecule is O=C(O)C1COCCN1C(=O)c1ccn(-c2cccc(Cl)c2)n1. The molecule has 1 aromatic heterocycles. The highest BCUT2D eigenvalue weighted by Gasteiger charge is 2.34. The molecular weight excluding hydrogens is 322 g/mol. The Kier molecular flexibility index (Phi) is 4.31. The van der Waals surface area contributed by atoms with Gasteiger partial charge in [0.15, 0.2) is 11.7 Å². The molecule has 120 valence electrons. The maximum atomic E-state index is 12.5. The van der Waals surface area contributed by atoms with Gasteiger partial charge in [-0.3, -0.25) is 4.79 Å². The van der Waals surface area contributed by atoms with E-state index in [1.54, 1.807) is 30.5 Å². The number of morpholine rings is 1. The molecule has 1 aromatic carbocycles. The summed E-state index contributed by atoms with van der Waals surface area (Å²) in [6, 6.07) is 7.61. The summed E-state index contributed by atoms with van der Waals surface area (Å²) >= 11 is 5.94. The Hall–Kier alpha value is -2.38. The third-order valence-electron chi connectivity index (χ3n) is 3.56. The topological polar surface area (TPSA) is 84.7 Å². The van der Waals surface area contributed by atoms with E-state index in [0.717, 1.165) is 0 Å². The fourth-order valence-corrected chi connectivity index (χ4v) is 2.58. The van der Waals surface area contributed by atoms with Crippen LogP contribution >= 0.6 is 11.6 Å². The third kappa shape index (κ3) is 3.20. The van der Waals surface area contributed by atoms with E-state index in [9.17, 15) is 14.7 Å². The molecule has 2 aromatic rings. The van der Waals surface area contributed by atoms with Gasteiger partial charge in [0.05, 0.1) is 18.9 Å². The maximum absolute atomic E-state index is 12.5. The fourth-order valence-electron chi connectivity index (χ4n) is 2.40. The highest BCUT2D eigenvalue weighted by atomic mass is 35.5. The van der Waals surface area contributed by atoms with Gasteiger partial charge in [0.1, 0.15) is 0 Å². The molecule has 2 heterocycles. The number of rotatable bonds is 3. The summed E-state index contributed by atoms with van der Waals surface area (Å²) in [6.07, 6.45) is 1.63. The normalized spacial score (nSPS) is 18.0. The van der Waals surface area contributed by atoms with Gasteiger partial charge in [0.2, 0.25) is 0 Å². The van der Waals surface area contributed by atoms with Crippen LogP contribution in [0.15, 0.2) is 36.5 Å². The first kappa shape index (κ1) is 15.5. The molecule has 0 radical (unpaired) electrons. The monoisotopic (exact) mass is 335 g/mol. The van der Waals surface area contributed by atoms with Crippen molar-refractivity contribution in [2.75, 3.05) is 19.8 Å². The summed E-state index contributed by atoms with van der Waals surface area (Å²) in [6.45, 7) is 0.514. The number of amides is 1. The average molecular weight is 336 g/mol. The van der Waals surface area contributed by atoms with Gasteiger partial charge in [0, 0.05) is 17.8 Å². The van der Waals surface area contributed by atoms with Gasteiger partial charge in [-0.1, -0.05) is 17.7 Å². The fraction of sp³-hybridized carbons (Fsp3) is 0.267. The molecule has 0 spiro atoms.